The highest BCUT2D eigenvalue weighted by Gasteiger charge is 2.13. The number of hydrogen-bond donors (Lipinski definition) is 1. The molecule has 0 aliphatic rings. The Morgan fingerprint density at radius 3 is 2.67 bits per heavy atom. The topological polar surface area (TPSA) is 66.6 Å². The fraction of sp³-hybridized carbons (Fsp3) is 0.214. The average Bonchev–Trinajstić information content (AvgIpc) is 2.49. The van der Waals surface area contributed by atoms with Crippen molar-refractivity contribution in [2.24, 2.45) is 0 Å². The van der Waals surface area contributed by atoms with Gasteiger partial charge in [-0.15, -0.1) is 0 Å². The molecule has 5 nitrogen and oxygen atoms in total. The van der Waals surface area contributed by atoms with E-state index in [4.69, 9.17) is 19.9 Å². The van der Waals surface area contributed by atoms with Crippen LogP contribution in [0.25, 0.3) is 0 Å². The van der Waals surface area contributed by atoms with Crippen molar-refractivity contribution in [2.75, 3.05) is 20.0 Å². The zero-order chi connectivity index (χ0) is 15.4. The van der Waals surface area contributed by atoms with E-state index in [-0.39, 0.29) is 16.8 Å². The molecule has 0 amide bonds. The van der Waals surface area contributed by atoms with Gasteiger partial charge in [0.25, 0.3) is 0 Å². The molecule has 2 aromatic rings. The summed E-state index contributed by atoms with van der Waals surface area (Å²) in [6, 6.07) is 4.34. The van der Waals surface area contributed by atoms with Gasteiger partial charge in [0.2, 0.25) is 0 Å². The number of anilines is 1. The molecule has 0 saturated carbocycles. The van der Waals surface area contributed by atoms with Gasteiger partial charge in [-0.1, -0.05) is 0 Å². The van der Waals surface area contributed by atoms with E-state index in [1.54, 1.807) is 12.3 Å². The monoisotopic (exact) mass is 356 g/mol. The summed E-state index contributed by atoms with van der Waals surface area (Å²) in [6.45, 7) is 0.0750. The number of rotatable bonds is 5. The first-order chi connectivity index (χ1) is 10.1. The number of benzene rings is 1. The molecule has 0 bridgehead atoms. The molecule has 21 heavy (non-hydrogen) atoms. The molecular formula is C14H14BrFN2O3. The molecular weight excluding hydrogens is 343 g/mol. The van der Waals surface area contributed by atoms with Crippen molar-refractivity contribution >= 4 is 21.6 Å². The lowest BCUT2D eigenvalue weighted by Crippen LogP contribution is -2.04. The lowest BCUT2D eigenvalue weighted by Gasteiger charge is -2.13. The highest BCUT2D eigenvalue weighted by molar-refractivity contribution is 9.10. The molecule has 0 fully saturated rings. The Labute approximate surface area is 130 Å². The second-order valence-electron chi connectivity index (χ2n) is 4.09. The second kappa shape index (κ2) is 6.62. The zero-order valence-electron chi connectivity index (χ0n) is 11.5. The van der Waals surface area contributed by atoms with E-state index in [2.05, 4.69) is 20.9 Å². The van der Waals surface area contributed by atoms with Crippen molar-refractivity contribution in [2.45, 2.75) is 6.61 Å². The highest BCUT2D eigenvalue weighted by atomic mass is 79.9. The molecule has 1 heterocycles. The van der Waals surface area contributed by atoms with Crippen LogP contribution in [-0.2, 0) is 6.61 Å². The number of pyridine rings is 1. The van der Waals surface area contributed by atoms with Crippen LogP contribution in [-0.4, -0.2) is 19.2 Å². The van der Waals surface area contributed by atoms with Gasteiger partial charge in [-0.25, -0.2) is 4.39 Å². The van der Waals surface area contributed by atoms with Crippen molar-refractivity contribution in [1.82, 2.24) is 4.98 Å². The molecule has 0 atom stereocenters. The quantitative estimate of drug-likeness (QED) is 0.833. The first kappa shape index (κ1) is 15.4. The Balaban J connectivity index is 2.22. The van der Waals surface area contributed by atoms with Crippen LogP contribution in [0, 0.1) is 5.82 Å². The van der Waals surface area contributed by atoms with Crippen LogP contribution in [0.2, 0.25) is 0 Å². The number of methoxy groups -OCH3 is 2. The minimum absolute atomic E-state index is 0.0750. The van der Waals surface area contributed by atoms with Gasteiger partial charge in [0.05, 0.1) is 24.4 Å². The van der Waals surface area contributed by atoms with E-state index in [0.29, 0.717) is 22.9 Å². The van der Waals surface area contributed by atoms with Crippen LogP contribution in [0.3, 0.4) is 0 Å². The number of halogens is 2. The summed E-state index contributed by atoms with van der Waals surface area (Å²) in [7, 11) is 3.04. The van der Waals surface area contributed by atoms with E-state index in [9.17, 15) is 4.39 Å². The third kappa shape index (κ3) is 3.36. The maximum Gasteiger partial charge on any atom is 0.185 e. The van der Waals surface area contributed by atoms with Crippen LogP contribution in [0.4, 0.5) is 10.1 Å². The van der Waals surface area contributed by atoms with Crippen molar-refractivity contribution in [1.29, 1.82) is 0 Å². The molecule has 0 saturated heterocycles. The molecule has 1 aromatic heterocycles. The second-order valence-corrected chi connectivity index (χ2v) is 4.94. The SMILES string of the molecule is COc1ccnc(COc2cc(F)c(Br)cc2N)c1OC. The van der Waals surface area contributed by atoms with Gasteiger partial charge in [-0.05, 0) is 22.0 Å². The molecule has 1 aromatic carbocycles. The first-order valence-electron chi connectivity index (χ1n) is 6.00. The number of nitrogens with zero attached hydrogens (tertiary/aromatic N) is 1. The predicted molar refractivity (Wildman–Crippen MR) is 80.2 cm³/mol. The van der Waals surface area contributed by atoms with E-state index >= 15 is 0 Å². The molecule has 0 radical (unpaired) electrons. The standard InChI is InChI=1S/C14H14BrFN2O3/c1-19-12-3-4-18-11(14(12)20-2)7-21-13-6-9(16)8(15)5-10(13)17/h3-6H,7,17H2,1-2H3. The summed E-state index contributed by atoms with van der Waals surface area (Å²) in [5.41, 5.74) is 6.63. The van der Waals surface area contributed by atoms with Crippen LogP contribution in [0.5, 0.6) is 17.2 Å². The van der Waals surface area contributed by atoms with Gasteiger partial charge in [0.1, 0.15) is 23.9 Å². The normalized spacial score (nSPS) is 10.3. The number of nitrogens with two attached hydrogens (primary N) is 1. The largest absolute Gasteiger partial charge is 0.493 e. The Hall–Kier alpha value is -2.02. The van der Waals surface area contributed by atoms with Crippen LogP contribution in [0.1, 0.15) is 5.69 Å². The summed E-state index contributed by atoms with van der Waals surface area (Å²) < 4.78 is 29.7. The Morgan fingerprint density at radius 2 is 2.00 bits per heavy atom. The maximum absolute atomic E-state index is 13.5. The predicted octanol–water partition coefficient (Wildman–Crippen LogP) is 3.16. The summed E-state index contributed by atoms with van der Waals surface area (Å²) in [5.74, 6) is 0.796. The zero-order valence-corrected chi connectivity index (χ0v) is 13.1. The van der Waals surface area contributed by atoms with Crippen LogP contribution >= 0.6 is 15.9 Å². The van der Waals surface area contributed by atoms with Crippen molar-refractivity contribution in [3.8, 4) is 17.2 Å². The molecule has 0 aliphatic heterocycles. The Bertz CT molecular complexity index is 652. The fourth-order valence-electron chi connectivity index (χ4n) is 1.77. The van der Waals surface area contributed by atoms with Gasteiger partial charge < -0.3 is 19.9 Å². The first-order valence-corrected chi connectivity index (χ1v) is 6.79. The Kier molecular flexibility index (Phi) is 4.85. The lowest BCUT2D eigenvalue weighted by atomic mass is 10.3. The number of ether oxygens (including phenoxy) is 3. The number of hydrogen-bond acceptors (Lipinski definition) is 5. The van der Waals surface area contributed by atoms with Gasteiger partial charge in [-0.2, -0.15) is 0 Å². The van der Waals surface area contributed by atoms with E-state index < -0.39 is 5.82 Å². The smallest absolute Gasteiger partial charge is 0.185 e. The average molecular weight is 357 g/mol. The van der Waals surface area contributed by atoms with Crippen molar-refractivity contribution < 1.29 is 18.6 Å². The van der Waals surface area contributed by atoms with Gasteiger partial charge in [-0.3, -0.25) is 4.98 Å². The minimum Gasteiger partial charge on any atom is -0.493 e. The highest BCUT2D eigenvalue weighted by Crippen LogP contribution is 2.32. The van der Waals surface area contributed by atoms with E-state index in [1.807, 2.05) is 0 Å². The van der Waals surface area contributed by atoms with Crippen molar-refractivity contribution in [3.63, 3.8) is 0 Å². The number of aromatic nitrogens is 1. The van der Waals surface area contributed by atoms with E-state index in [0.717, 1.165) is 0 Å². The van der Waals surface area contributed by atoms with Crippen LogP contribution < -0.4 is 19.9 Å². The van der Waals surface area contributed by atoms with Gasteiger partial charge in [0, 0.05) is 18.3 Å². The fourth-order valence-corrected chi connectivity index (χ4v) is 2.13. The van der Waals surface area contributed by atoms with Crippen LogP contribution in [0.15, 0.2) is 28.9 Å². The molecule has 112 valence electrons. The molecule has 7 heteroatoms. The molecule has 0 aliphatic carbocycles. The minimum atomic E-state index is -0.454. The molecule has 2 rings (SSSR count). The van der Waals surface area contributed by atoms with Crippen molar-refractivity contribution in [3.05, 3.63) is 40.4 Å². The van der Waals surface area contributed by atoms with Gasteiger partial charge in [0.15, 0.2) is 11.5 Å². The molecule has 2 N–H and O–H groups in total. The summed E-state index contributed by atoms with van der Waals surface area (Å²) in [6.07, 6.45) is 1.57. The Morgan fingerprint density at radius 1 is 1.24 bits per heavy atom. The maximum atomic E-state index is 13.5. The third-order valence-corrected chi connectivity index (χ3v) is 3.39. The molecule has 0 spiro atoms. The van der Waals surface area contributed by atoms with Gasteiger partial charge >= 0.3 is 0 Å². The molecule has 0 unspecified atom stereocenters. The van der Waals surface area contributed by atoms with E-state index in [1.165, 1.54) is 26.4 Å². The summed E-state index contributed by atoms with van der Waals surface area (Å²) in [5, 5.41) is 0. The summed E-state index contributed by atoms with van der Waals surface area (Å²) >= 11 is 3.06. The third-order valence-electron chi connectivity index (χ3n) is 2.78. The summed E-state index contributed by atoms with van der Waals surface area (Å²) in [4.78, 5) is 4.17. The lowest BCUT2D eigenvalue weighted by molar-refractivity contribution is 0.285. The number of nitrogen functional groups attached to an aromatic ring is 1.